The highest BCUT2D eigenvalue weighted by atomic mass is 32.1. The molecular weight excluding hydrogens is 929 g/mol. The van der Waals surface area contributed by atoms with Crippen molar-refractivity contribution in [2.75, 3.05) is 30.4 Å². The fourth-order valence-electron chi connectivity index (χ4n) is 11.5. The highest BCUT2D eigenvalue weighted by molar-refractivity contribution is 7.15. The fraction of sp³-hybridized carbons (Fsp3) is 0.469. The topological polar surface area (TPSA) is 304 Å². The smallest absolute Gasteiger partial charge is 0.413 e. The van der Waals surface area contributed by atoms with Gasteiger partial charge in [-0.05, 0) is 79.4 Å². The minimum absolute atomic E-state index is 0.0187. The number of allylic oxidation sites excluding steroid dienone is 4. The third-order valence-electron chi connectivity index (χ3n) is 14.7. The van der Waals surface area contributed by atoms with E-state index in [9.17, 15) is 43.8 Å². The number of aliphatic carboxylic acids is 1. The van der Waals surface area contributed by atoms with Gasteiger partial charge in [-0.3, -0.25) is 38.9 Å². The summed E-state index contributed by atoms with van der Waals surface area (Å²) >= 11 is 1.27. The van der Waals surface area contributed by atoms with Crippen LogP contribution in [0.15, 0.2) is 78.5 Å². The van der Waals surface area contributed by atoms with Gasteiger partial charge in [0, 0.05) is 51.9 Å². The van der Waals surface area contributed by atoms with Gasteiger partial charge in [-0.15, -0.1) is 11.3 Å². The number of aliphatic hydroxyl groups is 2. The molecule has 4 fully saturated rings. The Bertz CT molecular complexity index is 2590. The predicted octanol–water partition coefficient (Wildman–Crippen LogP) is 3.38. The number of nitrogens with zero attached hydrogens (tertiary/aromatic N) is 1. The number of amides is 4. The summed E-state index contributed by atoms with van der Waals surface area (Å²) in [6.45, 7) is 2.30. The number of anilines is 2. The fourth-order valence-corrected chi connectivity index (χ4v) is 12.4. The Morgan fingerprint density at radius 3 is 2.47 bits per heavy atom. The van der Waals surface area contributed by atoms with E-state index in [-0.39, 0.29) is 43.0 Å². The number of carbonyl (C=O) groups excluding carboxylic acids is 6. The van der Waals surface area contributed by atoms with E-state index in [1.165, 1.54) is 11.3 Å². The van der Waals surface area contributed by atoms with Gasteiger partial charge in [0.05, 0.1) is 18.8 Å². The maximum atomic E-state index is 13.9. The summed E-state index contributed by atoms with van der Waals surface area (Å²) in [6, 6.07) is 12.7. The number of nitrogens with one attached hydrogen (secondary N) is 4. The first-order chi connectivity index (χ1) is 33.5. The molecule has 2 aromatic carbocycles. The normalized spacial score (nSPS) is 28.8. The molecule has 4 aliphatic carbocycles. The van der Waals surface area contributed by atoms with E-state index >= 15 is 0 Å². The van der Waals surface area contributed by atoms with Crippen LogP contribution in [0.2, 0.25) is 0 Å². The van der Waals surface area contributed by atoms with Gasteiger partial charge in [-0.2, -0.15) is 0 Å². The molecule has 0 bridgehead atoms. The third-order valence-corrected chi connectivity index (χ3v) is 15.7. The number of thiazole rings is 1. The van der Waals surface area contributed by atoms with E-state index in [0.717, 1.165) is 28.9 Å². The standard InChI is InChI=1S/C49H56N6O14S/c1-47-16-15-31(57)18-29(47)9-12-33-34-19-38-49(37(59)23-56,48(34,2)20-36(58)42(33)47)69-44(68-38)28-7-3-26(4-8-28)17-32-21-52-45(70-32)55-46(65)66-24-27-5-10-30(11-6-27)53-43(64)35(13-14-41(62)63)54-39(60)22-51-40(61)25-67-50/h3-8,10-11,15-16,18,21,33-36,38,42,44,56,58H,9,12-14,17,19-20,22-25,50H2,1-2H3,(H,51,61)(H,53,64)(H,54,60)(H,62,63)(H,52,55,65)/t33-,34-,35-,36-,38+,42+,44+,47-,48-,49+/m0/s1. The second kappa shape index (κ2) is 20.6. The van der Waals surface area contributed by atoms with E-state index < -0.39 is 103 Å². The number of benzene rings is 2. The largest absolute Gasteiger partial charge is 0.481 e. The molecule has 372 valence electrons. The summed E-state index contributed by atoms with van der Waals surface area (Å²) in [5.41, 5.74) is 0.843. The highest BCUT2D eigenvalue weighted by Gasteiger charge is 2.76. The third kappa shape index (κ3) is 10.0. The predicted molar refractivity (Wildman–Crippen MR) is 249 cm³/mol. The monoisotopic (exact) mass is 984 g/mol. The average Bonchev–Trinajstić information content (AvgIpc) is 4.01. The van der Waals surface area contributed by atoms with Crippen LogP contribution in [0.3, 0.4) is 0 Å². The molecule has 3 saturated carbocycles. The summed E-state index contributed by atoms with van der Waals surface area (Å²) in [5.74, 6) is 0.980. The molecule has 3 aromatic rings. The first-order valence-electron chi connectivity index (χ1n) is 23.0. The van der Waals surface area contributed by atoms with Crippen molar-refractivity contribution in [3.05, 3.63) is 100 Å². The summed E-state index contributed by atoms with van der Waals surface area (Å²) in [5, 5.41) is 41.6. The van der Waals surface area contributed by atoms with E-state index in [2.05, 4.69) is 38.0 Å². The van der Waals surface area contributed by atoms with E-state index in [4.69, 9.17) is 25.2 Å². The van der Waals surface area contributed by atoms with Crippen molar-refractivity contribution in [2.24, 2.45) is 34.5 Å². The molecule has 20 nitrogen and oxygen atoms in total. The molecule has 0 spiro atoms. The van der Waals surface area contributed by atoms with Crippen molar-refractivity contribution in [2.45, 2.75) is 95.5 Å². The summed E-state index contributed by atoms with van der Waals surface area (Å²) in [7, 11) is 0. The number of Topliss-reactive ketones (excluding diaryl/α,β-unsaturated/α-hetero) is 1. The number of hydrogen-bond donors (Lipinski definition) is 8. The van der Waals surface area contributed by atoms with Crippen molar-refractivity contribution in [1.82, 2.24) is 15.6 Å². The Labute approximate surface area is 406 Å². The van der Waals surface area contributed by atoms with Crippen LogP contribution in [0, 0.1) is 28.6 Å². The lowest BCUT2D eigenvalue weighted by molar-refractivity contribution is -0.201. The van der Waals surface area contributed by atoms with Crippen LogP contribution in [-0.4, -0.2) is 105 Å². The Hall–Kier alpha value is -6.20. The zero-order valence-electron chi connectivity index (χ0n) is 38.5. The molecule has 4 amide bonds. The molecule has 70 heavy (non-hydrogen) atoms. The van der Waals surface area contributed by atoms with Crippen molar-refractivity contribution in [3.8, 4) is 0 Å². The number of aliphatic hydroxyl groups excluding tert-OH is 2. The quantitative estimate of drug-likeness (QED) is 0.0848. The molecule has 5 aliphatic rings. The molecule has 9 N–H and O–H groups in total. The lowest BCUT2D eigenvalue weighted by atomic mass is 9.46. The van der Waals surface area contributed by atoms with Crippen LogP contribution >= 0.6 is 11.3 Å². The molecule has 8 rings (SSSR count). The van der Waals surface area contributed by atoms with Crippen molar-refractivity contribution in [3.63, 3.8) is 0 Å². The van der Waals surface area contributed by atoms with Gasteiger partial charge in [0.15, 0.2) is 28.6 Å². The number of ether oxygens (including phenoxy) is 3. The van der Waals surface area contributed by atoms with E-state index in [1.54, 1.807) is 42.6 Å². The second-order valence-electron chi connectivity index (χ2n) is 18.9. The molecule has 0 unspecified atom stereocenters. The van der Waals surface area contributed by atoms with Crippen molar-refractivity contribution >= 4 is 63.5 Å². The second-order valence-corrected chi connectivity index (χ2v) is 20.0. The van der Waals surface area contributed by atoms with Gasteiger partial charge in [-0.25, -0.2) is 15.7 Å². The Morgan fingerprint density at radius 2 is 1.76 bits per heavy atom. The molecule has 1 saturated heterocycles. The zero-order chi connectivity index (χ0) is 50.0. The number of fused-ring (bicyclic) bond motifs is 7. The summed E-state index contributed by atoms with van der Waals surface area (Å²) in [4.78, 5) is 96.3. The van der Waals surface area contributed by atoms with Gasteiger partial charge < -0.3 is 45.5 Å². The number of aromatic nitrogens is 1. The van der Waals surface area contributed by atoms with Crippen molar-refractivity contribution in [1.29, 1.82) is 0 Å². The first kappa shape index (κ1) is 50.2. The molecule has 10 atom stereocenters. The van der Waals surface area contributed by atoms with Crippen LogP contribution in [0.4, 0.5) is 15.6 Å². The molecule has 21 heteroatoms. The molecule has 1 aliphatic heterocycles. The number of rotatable bonds is 18. The van der Waals surface area contributed by atoms with E-state index in [1.807, 2.05) is 37.3 Å². The molecule has 1 aromatic heterocycles. The number of carboxylic acids is 1. The van der Waals surface area contributed by atoms with Crippen LogP contribution in [0.25, 0.3) is 0 Å². The van der Waals surface area contributed by atoms with Gasteiger partial charge in [0.25, 0.3) is 0 Å². The highest BCUT2D eigenvalue weighted by Crippen LogP contribution is 2.70. The number of nitrogens with two attached hydrogens (primary N) is 1. The van der Waals surface area contributed by atoms with Gasteiger partial charge in [-0.1, -0.05) is 61.9 Å². The maximum Gasteiger partial charge on any atom is 0.413 e. The minimum Gasteiger partial charge on any atom is -0.481 e. The molecule has 2 heterocycles. The van der Waals surface area contributed by atoms with Gasteiger partial charge in [0.2, 0.25) is 17.7 Å². The molecule has 0 radical (unpaired) electrons. The molecular formula is C49H56N6O14S. The Kier molecular flexibility index (Phi) is 14.8. The number of carboxylic acid groups (broad SMARTS) is 1. The zero-order valence-corrected chi connectivity index (χ0v) is 39.3. The number of carbonyl (C=O) groups is 7. The van der Waals surface area contributed by atoms with Gasteiger partial charge in [0.1, 0.15) is 25.9 Å². The van der Waals surface area contributed by atoms with Crippen LogP contribution in [0.1, 0.15) is 80.2 Å². The maximum absolute atomic E-state index is 13.9. The van der Waals surface area contributed by atoms with E-state index in [0.29, 0.717) is 34.8 Å². The SMILES string of the molecule is C[C@]12C=CC(=O)C=C1CC[C@@H]1[C@@H]2[C@@H](O)C[C@@]2(C)[C@H]1C[C@H]1O[C@@H](c3ccc(Cc4cnc(NC(=O)OCc5ccc(NC(=O)[C@H](CCC(=O)O)NC(=O)CNC(=O)CON)cc5)s4)cc3)O[C@]12C(=O)CO. The van der Waals surface area contributed by atoms with Crippen LogP contribution in [0.5, 0.6) is 0 Å². The lowest BCUT2D eigenvalue weighted by Crippen LogP contribution is -2.63. The van der Waals surface area contributed by atoms with Crippen LogP contribution in [-0.2, 0) is 60.8 Å². The minimum atomic E-state index is -1.46. The summed E-state index contributed by atoms with van der Waals surface area (Å²) in [6.07, 6.45) is 6.07. The first-order valence-corrected chi connectivity index (χ1v) is 23.8. The Balaban J connectivity index is 0.822. The average molecular weight is 985 g/mol. The van der Waals surface area contributed by atoms with Crippen LogP contribution < -0.4 is 27.2 Å². The lowest BCUT2D eigenvalue weighted by Gasteiger charge is -2.59. The van der Waals surface area contributed by atoms with Crippen molar-refractivity contribution < 1.29 is 67.9 Å². The summed E-state index contributed by atoms with van der Waals surface area (Å²) < 4.78 is 18.7. The Morgan fingerprint density at radius 1 is 1.01 bits per heavy atom. The number of ketones is 2. The number of hydrogen-bond acceptors (Lipinski definition) is 16. The van der Waals surface area contributed by atoms with Gasteiger partial charge >= 0.3 is 12.1 Å².